The highest BCUT2D eigenvalue weighted by atomic mass is 15.2. The lowest BCUT2D eigenvalue weighted by Crippen LogP contribution is -2.36. The number of hydrogen-bond acceptors (Lipinski definition) is 4. The van der Waals surface area contributed by atoms with Gasteiger partial charge in [-0.1, -0.05) is 188 Å². The fourth-order valence-electron chi connectivity index (χ4n) is 9.80. The van der Waals surface area contributed by atoms with Gasteiger partial charge in [-0.2, -0.15) is 0 Å². The predicted molar refractivity (Wildman–Crippen MR) is 253 cm³/mol. The van der Waals surface area contributed by atoms with Gasteiger partial charge >= 0.3 is 0 Å². The van der Waals surface area contributed by atoms with Gasteiger partial charge in [0, 0.05) is 22.4 Å². The van der Waals surface area contributed by atoms with Gasteiger partial charge in [0.25, 0.3) is 0 Å². The summed E-state index contributed by atoms with van der Waals surface area (Å²) < 4.78 is 0. The van der Waals surface area contributed by atoms with E-state index in [2.05, 4.69) is 211 Å². The Bertz CT molecular complexity index is 3260. The molecule has 290 valence electrons. The minimum atomic E-state index is -0.542. The van der Waals surface area contributed by atoms with E-state index in [1.54, 1.807) is 0 Å². The molecule has 0 saturated carbocycles. The molecule has 1 aromatic heterocycles. The monoisotopic (exact) mass is 790 g/mol. The number of fused-ring (bicyclic) bond motifs is 9. The third-order valence-electron chi connectivity index (χ3n) is 12.5. The molecule has 0 saturated heterocycles. The van der Waals surface area contributed by atoms with Crippen LogP contribution < -0.4 is 4.90 Å². The maximum absolute atomic E-state index is 5.18. The van der Waals surface area contributed by atoms with Gasteiger partial charge in [-0.15, -0.1) is 0 Å². The standard InChI is InChI=1S/C58H38N4/c1-4-18-39(19-5-1)41-22-16-24-44(36-41)56-59-55(40-20-6-2-7-21-40)60-57(61-56)45-25-17-23-42(37-45)43-34-35-48-47-28-10-11-29-49(47)58(52(48)38-43)50-30-12-14-32-53(50)62(46-26-8-3-9-27-46)54-33-15-13-31-51(54)58/h1-38H. The summed E-state index contributed by atoms with van der Waals surface area (Å²) in [4.78, 5) is 17.8. The molecule has 0 unspecified atom stereocenters. The Morgan fingerprint density at radius 1 is 0.274 bits per heavy atom. The lowest BCUT2D eigenvalue weighted by molar-refractivity contribution is 0.753. The van der Waals surface area contributed by atoms with Gasteiger partial charge in [0.2, 0.25) is 0 Å². The summed E-state index contributed by atoms with van der Waals surface area (Å²) in [6, 6.07) is 82.4. The van der Waals surface area contributed by atoms with Crippen LogP contribution in [0.2, 0.25) is 0 Å². The fourth-order valence-corrected chi connectivity index (χ4v) is 9.80. The number of aromatic nitrogens is 3. The van der Waals surface area contributed by atoms with Crippen LogP contribution in [0.1, 0.15) is 22.3 Å². The summed E-state index contributed by atoms with van der Waals surface area (Å²) in [5.41, 5.74) is 17.9. The zero-order valence-electron chi connectivity index (χ0n) is 33.7. The van der Waals surface area contributed by atoms with Crippen molar-refractivity contribution < 1.29 is 0 Å². The lowest BCUT2D eigenvalue weighted by atomic mass is 9.64. The number of rotatable bonds is 6. The normalized spacial score (nSPS) is 12.9. The number of nitrogens with zero attached hydrogens (tertiary/aromatic N) is 4. The first-order valence-electron chi connectivity index (χ1n) is 21.1. The third kappa shape index (κ3) is 5.65. The van der Waals surface area contributed by atoms with Crippen molar-refractivity contribution in [3.63, 3.8) is 0 Å². The summed E-state index contributed by atoms with van der Waals surface area (Å²) in [6.45, 7) is 0. The Hall–Kier alpha value is -8.21. The van der Waals surface area contributed by atoms with E-state index in [1.165, 1.54) is 44.8 Å². The SMILES string of the molecule is c1ccc(-c2cccc(-c3nc(-c4ccccc4)nc(-c4cccc(-c5ccc6c(c5)C5(c7ccccc7-6)c6ccccc6N(c6ccccc6)c6ccccc65)c4)n3)c2)cc1. The molecular formula is C58H38N4. The molecule has 12 rings (SSSR count). The van der Waals surface area contributed by atoms with E-state index >= 15 is 0 Å². The van der Waals surface area contributed by atoms with Gasteiger partial charge in [-0.3, -0.25) is 0 Å². The summed E-state index contributed by atoms with van der Waals surface area (Å²) in [5, 5.41) is 0. The van der Waals surface area contributed by atoms with Crippen LogP contribution in [0.25, 0.3) is 67.5 Å². The van der Waals surface area contributed by atoms with Crippen LogP contribution in [-0.4, -0.2) is 15.0 Å². The first kappa shape index (κ1) is 35.7. The molecule has 1 aliphatic heterocycles. The first-order valence-corrected chi connectivity index (χ1v) is 21.1. The van der Waals surface area contributed by atoms with Crippen LogP contribution in [0.4, 0.5) is 17.1 Å². The first-order chi connectivity index (χ1) is 30.7. The van der Waals surface area contributed by atoms with Crippen molar-refractivity contribution in [2.75, 3.05) is 4.90 Å². The van der Waals surface area contributed by atoms with Crippen molar-refractivity contribution in [3.05, 3.63) is 253 Å². The average molecular weight is 791 g/mol. The van der Waals surface area contributed by atoms with E-state index in [0.717, 1.165) is 44.6 Å². The predicted octanol–water partition coefficient (Wildman–Crippen LogP) is 14.4. The molecule has 0 radical (unpaired) electrons. The average Bonchev–Trinajstić information content (AvgIpc) is 3.65. The number of para-hydroxylation sites is 3. The molecule has 0 atom stereocenters. The zero-order valence-corrected chi connectivity index (χ0v) is 33.7. The van der Waals surface area contributed by atoms with Crippen molar-refractivity contribution >= 4 is 17.1 Å². The molecule has 9 aromatic carbocycles. The van der Waals surface area contributed by atoms with E-state index in [1.807, 2.05) is 24.3 Å². The van der Waals surface area contributed by atoms with Crippen LogP contribution in [0, 0.1) is 0 Å². The molecule has 2 heterocycles. The summed E-state index contributed by atoms with van der Waals surface area (Å²) in [7, 11) is 0. The largest absolute Gasteiger partial charge is 0.310 e. The van der Waals surface area contributed by atoms with Crippen molar-refractivity contribution in [1.29, 1.82) is 0 Å². The molecule has 0 N–H and O–H groups in total. The second kappa shape index (κ2) is 14.5. The van der Waals surface area contributed by atoms with Crippen LogP contribution >= 0.6 is 0 Å². The Morgan fingerprint density at radius 3 is 1.31 bits per heavy atom. The highest BCUT2D eigenvalue weighted by molar-refractivity contribution is 5.96. The Balaban J connectivity index is 1.02. The molecule has 4 nitrogen and oxygen atoms in total. The fraction of sp³-hybridized carbons (Fsp3) is 0.0172. The van der Waals surface area contributed by atoms with E-state index in [9.17, 15) is 0 Å². The van der Waals surface area contributed by atoms with Crippen molar-refractivity contribution in [2.24, 2.45) is 0 Å². The van der Waals surface area contributed by atoms with Gasteiger partial charge < -0.3 is 4.90 Å². The molecule has 0 fully saturated rings. The van der Waals surface area contributed by atoms with Crippen LogP contribution in [0.3, 0.4) is 0 Å². The zero-order chi connectivity index (χ0) is 41.0. The second-order valence-electron chi connectivity index (χ2n) is 16.0. The van der Waals surface area contributed by atoms with Crippen LogP contribution in [0.15, 0.2) is 231 Å². The van der Waals surface area contributed by atoms with Gasteiger partial charge in [0.05, 0.1) is 16.8 Å². The molecular weight excluding hydrogens is 753 g/mol. The van der Waals surface area contributed by atoms with Crippen molar-refractivity contribution in [1.82, 2.24) is 15.0 Å². The second-order valence-corrected chi connectivity index (χ2v) is 16.0. The van der Waals surface area contributed by atoms with Crippen molar-refractivity contribution in [3.8, 4) is 67.5 Å². The van der Waals surface area contributed by atoms with Gasteiger partial charge in [0.1, 0.15) is 0 Å². The highest BCUT2D eigenvalue weighted by Crippen LogP contribution is 2.63. The maximum Gasteiger partial charge on any atom is 0.164 e. The maximum atomic E-state index is 5.18. The van der Waals surface area contributed by atoms with E-state index in [4.69, 9.17) is 15.0 Å². The molecule has 1 spiro atoms. The highest BCUT2D eigenvalue weighted by Gasteiger charge is 2.51. The van der Waals surface area contributed by atoms with E-state index < -0.39 is 5.41 Å². The van der Waals surface area contributed by atoms with Crippen LogP contribution in [0.5, 0.6) is 0 Å². The molecule has 0 amide bonds. The molecule has 0 bridgehead atoms. The number of anilines is 3. The minimum absolute atomic E-state index is 0.542. The molecule has 4 heteroatoms. The lowest BCUT2D eigenvalue weighted by Gasteiger charge is -2.45. The quantitative estimate of drug-likeness (QED) is 0.168. The van der Waals surface area contributed by atoms with E-state index in [0.29, 0.717) is 17.5 Å². The Labute approximate surface area is 361 Å². The van der Waals surface area contributed by atoms with Crippen LogP contribution in [-0.2, 0) is 5.41 Å². The van der Waals surface area contributed by atoms with Gasteiger partial charge in [-0.05, 0) is 98.1 Å². The van der Waals surface area contributed by atoms with Crippen molar-refractivity contribution in [2.45, 2.75) is 5.41 Å². The summed E-state index contributed by atoms with van der Waals surface area (Å²) in [6.07, 6.45) is 0. The summed E-state index contributed by atoms with van der Waals surface area (Å²) in [5.74, 6) is 1.90. The topological polar surface area (TPSA) is 41.9 Å². The molecule has 62 heavy (non-hydrogen) atoms. The van der Waals surface area contributed by atoms with E-state index in [-0.39, 0.29) is 0 Å². The third-order valence-corrected chi connectivity index (χ3v) is 12.5. The van der Waals surface area contributed by atoms with Gasteiger partial charge in [-0.25, -0.2) is 15.0 Å². The summed E-state index contributed by atoms with van der Waals surface area (Å²) >= 11 is 0. The molecule has 1 aliphatic carbocycles. The smallest absolute Gasteiger partial charge is 0.164 e. The number of benzene rings is 9. The molecule has 2 aliphatic rings. The van der Waals surface area contributed by atoms with Gasteiger partial charge in [0.15, 0.2) is 17.5 Å². The number of hydrogen-bond donors (Lipinski definition) is 0. The minimum Gasteiger partial charge on any atom is -0.310 e. The Morgan fingerprint density at radius 2 is 0.694 bits per heavy atom. The Kier molecular flexibility index (Phi) is 8.36. The molecule has 10 aromatic rings.